The van der Waals surface area contributed by atoms with E-state index in [4.69, 9.17) is 9.72 Å². The Labute approximate surface area is 182 Å². The molecule has 31 heavy (non-hydrogen) atoms. The Kier molecular flexibility index (Phi) is 5.95. The van der Waals surface area contributed by atoms with Crippen LogP contribution in [0.3, 0.4) is 0 Å². The van der Waals surface area contributed by atoms with E-state index < -0.39 is 0 Å². The standard InChI is InChI=1S/C22H30N8O/c1-2-30-22-20(15-26-30)21(27-18-4-11-31-12-5-18)17(13-23-22)16-28-7-9-29(10-8-28)19-3-6-24-25-14-19/h3,6,13-15,18H,2,4-5,7-12,16H2,1H3,(H,23,27). The lowest BCUT2D eigenvalue weighted by atomic mass is 10.1. The minimum Gasteiger partial charge on any atom is -0.381 e. The van der Waals surface area contributed by atoms with Crippen LogP contribution in [0.25, 0.3) is 11.0 Å². The van der Waals surface area contributed by atoms with Gasteiger partial charge in [-0.05, 0) is 25.8 Å². The van der Waals surface area contributed by atoms with Gasteiger partial charge in [0.05, 0.1) is 35.4 Å². The van der Waals surface area contributed by atoms with Gasteiger partial charge in [0.25, 0.3) is 0 Å². The van der Waals surface area contributed by atoms with Crippen LogP contribution in [-0.2, 0) is 17.8 Å². The highest BCUT2D eigenvalue weighted by Gasteiger charge is 2.22. The Balaban J connectivity index is 1.34. The SMILES string of the molecule is CCn1ncc2c(NC3CCOCC3)c(CN3CCN(c4ccnnc4)CC3)cnc21. The van der Waals surface area contributed by atoms with Crippen LogP contribution in [0.1, 0.15) is 25.3 Å². The molecule has 2 saturated heterocycles. The first-order valence-electron chi connectivity index (χ1n) is 11.2. The highest BCUT2D eigenvalue weighted by Crippen LogP contribution is 2.29. The van der Waals surface area contributed by atoms with E-state index in [1.54, 1.807) is 6.20 Å². The molecule has 1 N–H and O–H groups in total. The average molecular weight is 423 g/mol. The number of pyridine rings is 1. The lowest BCUT2D eigenvalue weighted by molar-refractivity contribution is 0.0904. The fourth-order valence-corrected chi connectivity index (χ4v) is 4.51. The molecule has 2 fully saturated rings. The van der Waals surface area contributed by atoms with Gasteiger partial charge in [-0.2, -0.15) is 15.3 Å². The van der Waals surface area contributed by atoms with Crippen molar-refractivity contribution < 1.29 is 4.74 Å². The van der Waals surface area contributed by atoms with Gasteiger partial charge in [-0.3, -0.25) is 4.90 Å². The molecule has 3 aromatic rings. The first-order chi connectivity index (χ1) is 15.3. The molecule has 0 unspecified atom stereocenters. The lowest BCUT2D eigenvalue weighted by Gasteiger charge is -2.36. The quantitative estimate of drug-likeness (QED) is 0.647. The molecule has 9 nitrogen and oxygen atoms in total. The second-order valence-electron chi connectivity index (χ2n) is 8.25. The van der Waals surface area contributed by atoms with Crippen molar-refractivity contribution in [1.29, 1.82) is 0 Å². The van der Waals surface area contributed by atoms with E-state index in [0.29, 0.717) is 6.04 Å². The van der Waals surface area contributed by atoms with Crippen LogP contribution in [0.15, 0.2) is 30.9 Å². The average Bonchev–Trinajstić information content (AvgIpc) is 3.26. The van der Waals surface area contributed by atoms with Crippen LogP contribution >= 0.6 is 0 Å². The molecule has 3 aromatic heterocycles. The number of anilines is 2. The van der Waals surface area contributed by atoms with Crippen molar-refractivity contribution in [2.45, 2.75) is 38.9 Å². The monoisotopic (exact) mass is 422 g/mol. The highest BCUT2D eigenvalue weighted by molar-refractivity contribution is 5.90. The van der Waals surface area contributed by atoms with Gasteiger partial charge in [0.15, 0.2) is 5.65 Å². The van der Waals surface area contributed by atoms with Gasteiger partial charge in [-0.15, -0.1) is 0 Å². The van der Waals surface area contributed by atoms with Gasteiger partial charge in [0.1, 0.15) is 0 Å². The van der Waals surface area contributed by atoms with E-state index in [-0.39, 0.29) is 0 Å². The van der Waals surface area contributed by atoms with E-state index >= 15 is 0 Å². The van der Waals surface area contributed by atoms with E-state index in [0.717, 1.165) is 82.0 Å². The minimum absolute atomic E-state index is 0.430. The number of hydrogen-bond acceptors (Lipinski definition) is 8. The molecule has 9 heteroatoms. The highest BCUT2D eigenvalue weighted by atomic mass is 16.5. The zero-order chi connectivity index (χ0) is 21.0. The molecule has 0 amide bonds. The normalized spacial score (nSPS) is 18.5. The topological polar surface area (TPSA) is 84.2 Å². The Morgan fingerprint density at radius 3 is 2.65 bits per heavy atom. The van der Waals surface area contributed by atoms with Crippen molar-refractivity contribution in [3.63, 3.8) is 0 Å². The largest absolute Gasteiger partial charge is 0.381 e. The summed E-state index contributed by atoms with van der Waals surface area (Å²) in [6.45, 7) is 9.42. The molecule has 0 spiro atoms. The maximum Gasteiger partial charge on any atom is 0.159 e. The summed E-state index contributed by atoms with van der Waals surface area (Å²) >= 11 is 0. The number of aromatic nitrogens is 5. The van der Waals surface area contributed by atoms with Crippen LogP contribution in [0.2, 0.25) is 0 Å². The lowest BCUT2D eigenvalue weighted by Crippen LogP contribution is -2.46. The molecule has 164 valence electrons. The molecule has 0 radical (unpaired) electrons. The predicted octanol–water partition coefficient (Wildman–Crippen LogP) is 2.15. The van der Waals surface area contributed by atoms with E-state index in [1.165, 1.54) is 11.3 Å². The summed E-state index contributed by atoms with van der Waals surface area (Å²) in [6, 6.07) is 2.46. The number of aryl methyl sites for hydroxylation is 1. The number of nitrogens with one attached hydrogen (secondary N) is 1. The molecule has 2 aliphatic heterocycles. The molecule has 0 aromatic carbocycles. The summed E-state index contributed by atoms with van der Waals surface area (Å²) in [5.41, 5.74) is 4.54. The zero-order valence-electron chi connectivity index (χ0n) is 18.1. The van der Waals surface area contributed by atoms with Gasteiger partial charge in [0, 0.05) is 70.3 Å². The Bertz CT molecular complexity index is 993. The third-order valence-corrected chi connectivity index (χ3v) is 6.31. The fourth-order valence-electron chi connectivity index (χ4n) is 4.51. The second kappa shape index (κ2) is 9.15. The summed E-state index contributed by atoms with van der Waals surface area (Å²) < 4.78 is 7.52. The van der Waals surface area contributed by atoms with Gasteiger partial charge >= 0.3 is 0 Å². The summed E-state index contributed by atoms with van der Waals surface area (Å²) in [5, 5.41) is 17.4. The molecule has 0 aliphatic carbocycles. The second-order valence-corrected chi connectivity index (χ2v) is 8.25. The van der Waals surface area contributed by atoms with Crippen molar-refractivity contribution in [2.24, 2.45) is 0 Å². The molecule has 0 atom stereocenters. The first-order valence-corrected chi connectivity index (χ1v) is 11.2. The van der Waals surface area contributed by atoms with Crippen LogP contribution in [-0.4, -0.2) is 75.3 Å². The molecule has 2 aliphatic rings. The van der Waals surface area contributed by atoms with Gasteiger partial charge in [0.2, 0.25) is 0 Å². The maximum atomic E-state index is 5.55. The van der Waals surface area contributed by atoms with E-state index in [9.17, 15) is 0 Å². The summed E-state index contributed by atoms with van der Waals surface area (Å²) in [5.74, 6) is 0. The first kappa shape index (κ1) is 20.1. The van der Waals surface area contributed by atoms with Crippen molar-refractivity contribution in [2.75, 3.05) is 49.6 Å². The third kappa shape index (κ3) is 4.33. The fraction of sp³-hybridized carbons (Fsp3) is 0.545. The minimum atomic E-state index is 0.430. The number of rotatable bonds is 6. The molecule has 0 bridgehead atoms. The molecule has 5 rings (SSSR count). The molecular weight excluding hydrogens is 392 g/mol. The number of piperazine rings is 1. The predicted molar refractivity (Wildman–Crippen MR) is 120 cm³/mol. The Hall–Kier alpha value is -2.78. The van der Waals surface area contributed by atoms with Crippen LogP contribution in [0.4, 0.5) is 11.4 Å². The van der Waals surface area contributed by atoms with Crippen molar-refractivity contribution in [3.05, 3.63) is 36.4 Å². The number of hydrogen-bond donors (Lipinski definition) is 1. The van der Waals surface area contributed by atoms with Crippen molar-refractivity contribution >= 4 is 22.4 Å². The smallest absolute Gasteiger partial charge is 0.159 e. The molecule has 0 saturated carbocycles. The van der Waals surface area contributed by atoms with Crippen LogP contribution in [0.5, 0.6) is 0 Å². The molecule has 5 heterocycles. The van der Waals surface area contributed by atoms with E-state index in [1.807, 2.05) is 29.3 Å². The van der Waals surface area contributed by atoms with E-state index in [2.05, 4.69) is 37.3 Å². The summed E-state index contributed by atoms with van der Waals surface area (Å²) in [7, 11) is 0. The van der Waals surface area contributed by atoms with Gasteiger partial charge in [-0.25, -0.2) is 9.67 Å². The maximum absolute atomic E-state index is 5.55. The van der Waals surface area contributed by atoms with Crippen LogP contribution in [0, 0.1) is 0 Å². The Morgan fingerprint density at radius 1 is 1.06 bits per heavy atom. The number of ether oxygens (including phenoxy) is 1. The van der Waals surface area contributed by atoms with Crippen molar-refractivity contribution in [3.8, 4) is 0 Å². The summed E-state index contributed by atoms with van der Waals surface area (Å²) in [6.07, 6.45) is 9.66. The van der Waals surface area contributed by atoms with Crippen molar-refractivity contribution in [1.82, 2.24) is 29.9 Å². The summed E-state index contributed by atoms with van der Waals surface area (Å²) in [4.78, 5) is 9.66. The Morgan fingerprint density at radius 2 is 1.90 bits per heavy atom. The zero-order valence-corrected chi connectivity index (χ0v) is 18.1. The molecular formula is C22H30N8O. The van der Waals surface area contributed by atoms with Gasteiger partial charge < -0.3 is 15.0 Å². The van der Waals surface area contributed by atoms with Gasteiger partial charge in [-0.1, -0.05) is 0 Å². The third-order valence-electron chi connectivity index (χ3n) is 6.31. The number of fused-ring (bicyclic) bond motifs is 1. The number of nitrogens with zero attached hydrogens (tertiary/aromatic N) is 7. The van der Waals surface area contributed by atoms with Crippen LogP contribution < -0.4 is 10.2 Å².